The molecule has 0 atom stereocenters. The molecule has 0 bridgehead atoms. The van der Waals surface area contributed by atoms with E-state index in [1.165, 1.54) is 0 Å². The average Bonchev–Trinajstić information content (AvgIpc) is 2.58. The molecule has 0 saturated carbocycles. The lowest BCUT2D eigenvalue weighted by atomic mass is 10.1. The third-order valence-electron chi connectivity index (χ3n) is 3.34. The minimum Gasteiger partial charge on any atom is -0.481 e. The van der Waals surface area contributed by atoms with Gasteiger partial charge in [-0.1, -0.05) is 74.1 Å². The maximum Gasteiger partial charge on any atom is 0.303 e. The van der Waals surface area contributed by atoms with Gasteiger partial charge in [-0.25, -0.2) is 0 Å². The number of allylic oxidation sites excluding steroid dienone is 10. The van der Waals surface area contributed by atoms with Crippen molar-refractivity contribution in [3.05, 3.63) is 60.8 Å². The van der Waals surface area contributed by atoms with Crippen molar-refractivity contribution in [1.82, 2.24) is 0 Å². The number of ketones is 1. The van der Waals surface area contributed by atoms with Crippen molar-refractivity contribution in [2.45, 2.75) is 64.7 Å². The molecule has 138 valence electrons. The molecule has 25 heavy (non-hydrogen) atoms. The zero-order valence-electron chi connectivity index (χ0n) is 15.4. The van der Waals surface area contributed by atoms with E-state index in [1.54, 1.807) is 0 Å². The molecule has 1 N–H and O–H groups in total. The first-order valence-corrected chi connectivity index (χ1v) is 9.17. The summed E-state index contributed by atoms with van der Waals surface area (Å²) in [5.41, 5.74) is 0. The van der Waals surface area contributed by atoms with Gasteiger partial charge in [0, 0.05) is 19.3 Å². The molecular formula is C22H32O3. The van der Waals surface area contributed by atoms with Crippen LogP contribution in [0.3, 0.4) is 0 Å². The van der Waals surface area contributed by atoms with E-state index in [2.05, 4.69) is 37.3 Å². The lowest BCUT2D eigenvalue weighted by molar-refractivity contribution is -0.136. The number of aliphatic carboxylic acids is 1. The number of unbranched alkanes of at least 4 members (excludes halogenated alkanes) is 1. The zero-order chi connectivity index (χ0) is 18.6. The van der Waals surface area contributed by atoms with Crippen molar-refractivity contribution in [2.75, 3.05) is 0 Å². The molecule has 3 nitrogen and oxygen atoms in total. The lowest BCUT2D eigenvalue weighted by Crippen LogP contribution is -1.93. The Kier molecular flexibility index (Phi) is 16.6. The number of hydrogen-bond acceptors (Lipinski definition) is 2. The molecule has 0 spiro atoms. The number of Topliss-reactive ketones (excluding diaryl/α,β-unsaturated/α-hetero) is 1. The first kappa shape index (κ1) is 22.8. The van der Waals surface area contributed by atoms with E-state index >= 15 is 0 Å². The fraction of sp³-hybridized carbons (Fsp3) is 0.455. The molecule has 0 aromatic rings. The summed E-state index contributed by atoms with van der Waals surface area (Å²) in [6.45, 7) is 2.14. The van der Waals surface area contributed by atoms with Gasteiger partial charge in [0.2, 0.25) is 0 Å². The molecule has 0 aliphatic heterocycles. The van der Waals surface area contributed by atoms with Gasteiger partial charge in [0.15, 0.2) is 0 Å². The Balaban J connectivity index is 3.60. The second-order valence-corrected chi connectivity index (χ2v) is 5.74. The quantitative estimate of drug-likeness (QED) is 0.295. The molecule has 0 heterocycles. The molecule has 0 aromatic carbocycles. The number of rotatable bonds is 15. The van der Waals surface area contributed by atoms with E-state index in [0.29, 0.717) is 19.3 Å². The number of carboxylic acids is 1. The Bertz CT molecular complexity index is 493. The van der Waals surface area contributed by atoms with Gasteiger partial charge in [0.25, 0.3) is 0 Å². The third-order valence-corrected chi connectivity index (χ3v) is 3.34. The summed E-state index contributed by atoms with van der Waals surface area (Å²) in [5.74, 6) is -0.490. The smallest absolute Gasteiger partial charge is 0.303 e. The van der Waals surface area contributed by atoms with Crippen LogP contribution >= 0.6 is 0 Å². The van der Waals surface area contributed by atoms with Gasteiger partial charge in [-0.2, -0.15) is 0 Å². The summed E-state index contributed by atoms with van der Waals surface area (Å²) < 4.78 is 0. The maximum atomic E-state index is 11.7. The molecule has 0 aliphatic rings. The van der Waals surface area contributed by atoms with Gasteiger partial charge in [0.1, 0.15) is 5.78 Å². The molecular weight excluding hydrogens is 312 g/mol. The zero-order valence-corrected chi connectivity index (χ0v) is 15.4. The van der Waals surface area contributed by atoms with E-state index in [-0.39, 0.29) is 12.2 Å². The normalized spacial score (nSPS) is 12.5. The SMILES string of the molecule is CCC/C=C/C=C/CC(=O)CC/C=C/C/C=C/C/C=C\CCC(=O)O. The van der Waals surface area contributed by atoms with Gasteiger partial charge in [0.05, 0.1) is 0 Å². The Labute approximate surface area is 152 Å². The predicted molar refractivity (Wildman–Crippen MR) is 106 cm³/mol. The third kappa shape index (κ3) is 19.8. The maximum absolute atomic E-state index is 11.7. The molecule has 0 aromatic heterocycles. The van der Waals surface area contributed by atoms with Crippen molar-refractivity contribution in [2.24, 2.45) is 0 Å². The number of carbonyl (C=O) groups excluding carboxylic acids is 1. The Morgan fingerprint density at radius 1 is 0.720 bits per heavy atom. The fourth-order valence-corrected chi connectivity index (χ4v) is 1.95. The molecule has 0 radical (unpaired) electrons. The molecule has 0 unspecified atom stereocenters. The molecule has 0 aliphatic carbocycles. The van der Waals surface area contributed by atoms with Crippen molar-refractivity contribution < 1.29 is 14.7 Å². The minimum absolute atomic E-state index is 0.188. The first-order valence-electron chi connectivity index (χ1n) is 9.17. The monoisotopic (exact) mass is 344 g/mol. The molecule has 0 fully saturated rings. The van der Waals surface area contributed by atoms with Crippen LogP contribution in [-0.2, 0) is 9.59 Å². The van der Waals surface area contributed by atoms with Crippen LogP contribution in [0.15, 0.2) is 60.8 Å². The first-order chi connectivity index (χ1) is 12.2. The minimum atomic E-state index is -0.761. The van der Waals surface area contributed by atoms with E-state index in [0.717, 1.165) is 32.1 Å². The lowest BCUT2D eigenvalue weighted by Gasteiger charge is -1.92. The Morgan fingerprint density at radius 3 is 1.88 bits per heavy atom. The highest BCUT2D eigenvalue weighted by atomic mass is 16.4. The standard InChI is InChI=1S/C22H32O3/c1-2-3-4-5-12-15-18-21(23)19-16-13-10-8-6-7-9-11-14-17-20-22(24)25/h4-7,10-15H,2-3,8-9,16-20H2,1H3,(H,24,25)/b5-4+,7-6+,13-10+,14-11-,15-12+. The van der Waals surface area contributed by atoms with Crippen LogP contribution in [-0.4, -0.2) is 16.9 Å². The summed E-state index contributed by atoms with van der Waals surface area (Å²) in [6.07, 6.45) is 26.7. The summed E-state index contributed by atoms with van der Waals surface area (Å²) in [5, 5.41) is 8.49. The number of hydrogen-bond donors (Lipinski definition) is 1. The van der Waals surface area contributed by atoms with Crippen molar-refractivity contribution in [3.63, 3.8) is 0 Å². The second kappa shape index (κ2) is 18.2. The van der Waals surface area contributed by atoms with Crippen LogP contribution in [0, 0.1) is 0 Å². The van der Waals surface area contributed by atoms with Crippen LogP contribution in [0.4, 0.5) is 0 Å². The second-order valence-electron chi connectivity index (χ2n) is 5.74. The molecule has 0 saturated heterocycles. The van der Waals surface area contributed by atoms with Crippen LogP contribution in [0.2, 0.25) is 0 Å². The van der Waals surface area contributed by atoms with E-state index in [1.807, 2.05) is 30.4 Å². The van der Waals surface area contributed by atoms with Crippen molar-refractivity contribution in [1.29, 1.82) is 0 Å². The number of carbonyl (C=O) groups is 2. The molecule has 0 rings (SSSR count). The van der Waals surface area contributed by atoms with Crippen molar-refractivity contribution >= 4 is 11.8 Å². The Hall–Kier alpha value is -2.16. The van der Waals surface area contributed by atoms with Crippen LogP contribution in [0.1, 0.15) is 64.7 Å². The molecule has 0 amide bonds. The predicted octanol–water partition coefficient (Wildman–Crippen LogP) is 5.95. The van der Waals surface area contributed by atoms with Gasteiger partial charge in [-0.15, -0.1) is 0 Å². The summed E-state index contributed by atoms with van der Waals surface area (Å²) in [6, 6.07) is 0. The summed E-state index contributed by atoms with van der Waals surface area (Å²) >= 11 is 0. The van der Waals surface area contributed by atoms with Gasteiger partial charge < -0.3 is 5.11 Å². The van der Waals surface area contributed by atoms with E-state index in [4.69, 9.17) is 5.11 Å². The highest BCUT2D eigenvalue weighted by Crippen LogP contribution is 2.00. The van der Waals surface area contributed by atoms with E-state index < -0.39 is 5.97 Å². The Morgan fingerprint density at radius 2 is 1.28 bits per heavy atom. The van der Waals surface area contributed by atoms with Gasteiger partial charge in [-0.05, 0) is 32.1 Å². The van der Waals surface area contributed by atoms with Gasteiger partial charge >= 0.3 is 5.97 Å². The summed E-state index contributed by atoms with van der Waals surface area (Å²) in [7, 11) is 0. The van der Waals surface area contributed by atoms with Crippen molar-refractivity contribution in [3.8, 4) is 0 Å². The number of carboxylic acid groups (broad SMARTS) is 1. The highest BCUT2D eigenvalue weighted by molar-refractivity contribution is 5.79. The molecule has 3 heteroatoms. The largest absolute Gasteiger partial charge is 0.481 e. The van der Waals surface area contributed by atoms with E-state index in [9.17, 15) is 9.59 Å². The summed E-state index contributed by atoms with van der Waals surface area (Å²) in [4.78, 5) is 22.0. The van der Waals surface area contributed by atoms with Crippen LogP contribution < -0.4 is 0 Å². The average molecular weight is 344 g/mol. The topological polar surface area (TPSA) is 54.4 Å². The van der Waals surface area contributed by atoms with Crippen LogP contribution in [0.5, 0.6) is 0 Å². The van der Waals surface area contributed by atoms with Gasteiger partial charge in [-0.3, -0.25) is 9.59 Å². The van der Waals surface area contributed by atoms with Crippen LogP contribution in [0.25, 0.3) is 0 Å². The fourth-order valence-electron chi connectivity index (χ4n) is 1.95. The highest BCUT2D eigenvalue weighted by Gasteiger charge is 1.95.